The Labute approximate surface area is 206 Å². The predicted octanol–water partition coefficient (Wildman–Crippen LogP) is 2.28. The van der Waals surface area contributed by atoms with Crippen LogP contribution < -0.4 is 0 Å². The maximum Gasteiger partial charge on any atom is 0.283 e. The maximum absolute atomic E-state index is 11.4. The molecule has 0 saturated heterocycles. The van der Waals surface area contributed by atoms with Crippen molar-refractivity contribution in [3.05, 3.63) is 69.1 Å². The third-order valence-corrected chi connectivity index (χ3v) is 6.05. The number of carboxylic acid groups (broad SMARTS) is 2. The first kappa shape index (κ1) is 29.3. The SMILES string of the molecule is Cc1ccc(S(=O)(=O)[N-]CC(=O)O)cc1.Cc1ccc(S(=O)(=O)[N-]CC(=O)O)cc1.[Y]. The smallest absolute Gasteiger partial charge is 0.283 e. The monoisotopic (exact) mass is 545 g/mol. The first-order valence-corrected chi connectivity index (χ1v) is 11.2. The van der Waals surface area contributed by atoms with Crippen LogP contribution in [0.25, 0.3) is 9.44 Å². The Morgan fingerprint density at radius 2 is 0.935 bits per heavy atom. The number of hydrogen-bond acceptors (Lipinski definition) is 6. The third-order valence-electron chi connectivity index (χ3n) is 3.38. The van der Waals surface area contributed by atoms with E-state index < -0.39 is 45.1 Å². The van der Waals surface area contributed by atoms with Gasteiger partial charge in [0.25, 0.3) is 11.9 Å². The van der Waals surface area contributed by atoms with E-state index in [1.807, 2.05) is 13.8 Å². The van der Waals surface area contributed by atoms with E-state index in [-0.39, 0.29) is 42.5 Å². The van der Waals surface area contributed by atoms with E-state index in [0.29, 0.717) is 0 Å². The molecule has 0 aliphatic heterocycles. The van der Waals surface area contributed by atoms with E-state index >= 15 is 0 Å². The van der Waals surface area contributed by atoms with Gasteiger partial charge in [-0.1, -0.05) is 35.4 Å². The van der Waals surface area contributed by atoms with Crippen LogP contribution in [0.3, 0.4) is 0 Å². The number of hydrogen-bond donors (Lipinski definition) is 2. The van der Waals surface area contributed by atoms with Crippen molar-refractivity contribution < 1.29 is 69.3 Å². The fourth-order valence-electron chi connectivity index (χ4n) is 1.85. The zero-order chi connectivity index (χ0) is 22.9. The van der Waals surface area contributed by atoms with Crippen molar-refractivity contribution in [3.63, 3.8) is 0 Å². The quantitative estimate of drug-likeness (QED) is 0.509. The van der Waals surface area contributed by atoms with Crippen LogP contribution in [-0.2, 0) is 62.3 Å². The van der Waals surface area contributed by atoms with Crippen LogP contribution in [0.4, 0.5) is 0 Å². The molecule has 2 N–H and O–H groups in total. The summed E-state index contributed by atoms with van der Waals surface area (Å²) in [4.78, 5) is 20.4. The van der Waals surface area contributed by atoms with Crippen LogP contribution in [0.15, 0.2) is 58.3 Å². The van der Waals surface area contributed by atoms with E-state index in [1.54, 1.807) is 24.3 Å². The molecule has 0 unspecified atom stereocenters. The second kappa shape index (κ2) is 13.0. The summed E-state index contributed by atoms with van der Waals surface area (Å²) in [6, 6.07) is 12.1. The Morgan fingerprint density at radius 3 is 1.16 bits per heavy atom. The molecule has 0 atom stereocenters. The van der Waals surface area contributed by atoms with Gasteiger partial charge in [0.05, 0.1) is 0 Å². The summed E-state index contributed by atoms with van der Waals surface area (Å²) in [7, 11) is -7.66. The van der Waals surface area contributed by atoms with E-state index in [9.17, 15) is 26.4 Å². The number of sulfonamides is 2. The van der Waals surface area contributed by atoms with Gasteiger partial charge in [-0.3, -0.25) is 9.59 Å². The Balaban J connectivity index is 0.000000562. The molecule has 0 amide bonds. The van der Waals surface area contributed by atoms with Gasteiger partial charge in [-0.2, -0.15) is 0 Å². The largest absolute Gasteiger partial charge is 0.535 e. The Hall–Kier alpha value is -1.70. The molecule has 0 bridgehead atoms. The van der Waals surface area contributed by atoms with Gasteiger partial charge in [0, 0.05) is 42.5 Å². The average Bonchev–Trinajstić information content (AvgIpc) is 2.66. The number of carboxylic acids is 2. The summed E-state index contributed by atoms with van der Waals surface area (Å²) in [5, 5.41) is 16.6. The third kappa shape index (κ3) is 10.9. The molecule has 0 heterocycles. The summed E-state index contributed by atoms with van der Waals surface area (Å²) >= 11 is 0. The van der Waals surface area contributed by atoms with Crippen LogP contribution in [0.5, 0.6) is 0 Å². The van der Waals surface area contributed by atoms with Crippen LogP contribution in [0, 0.1) is 13.8 Å². The molecule has 0 aromatic heterocycles. The van der Waals surface area contributed by atoms with Gasteiger partial charge < -0.3 is 19.7 Å². The van der Waals surface area contributed by atoms with Gasteiger partial charge >= 0.3 is 0 Å². The minimum atomic E-state index is -3.83. The number of aliphatic carboxylic acids is 2. The van der Waals surface area contributed by atoms with Crippen molar-refractivity contribution in [1.82, 2.24) is 0 Å². The molecule has 167 valence electrons. The molecule has 0 saturated carbocycles. The van der Waals surface area contributed by atoms with Gasteiger partial charge in [-0.25, -0.2) is 16.8 Å². The van der Waals surface area contributed by atoms with E-state index in [1.165, 1.54) is 24.3 Å². The number of nitrogens with zero attached hydrogens (tertiary/aromatic N) is 2. The van der Waals surface area contributed by atoms with Crippen molar-refractivity contribution in [3.8, 4) is 0 Å². The van der Waals surface area contributed by atoms with Crippen LogP contribution in [0.1, 0.15) is 11.1 Å². The number of aryl methyl sites for hydroxylation is 2. The van der Waals surface area contributed by atoms with E-state index in [0.717, 1.165) is 11.1 Å². The zero-order valence-corrected chi connectivity index (χ0v) is 21.1. The molecular weight excluding hydrogens is 525 g/mol. The first-order valence-electron chi connectivity index (χ1n) is 8.28. The van der Waals surface area contributed by atoms with Crippen molar-refractivity contribution in [2.24, 2.45) is 0 Å². The van der Waals surface area contributed by atoms with Crippen LogP contribution in [0.2, 0.25) is 0 Å². The van der Waals surface area contributed by atoms with E-state index in [4.69, 9.17) is 10.2 Å². The predicted molar refractivity (Wildman–Crippen MR) is 108 cm³/mol. The average molecular weight is 545 g/mol. The standard InChI is InChI=1S/2C9H10NO4S.Y/c2*1-7-2-4-8(5-3-7)15(13,14)10-6-9(11)12;/h2*2-5H,6H2,1H3,(H,11,12);/q2*-1;. The van der Waals surface area contributed by atoms with Gasteiger partial charge in [-0.15, -0.1) is 0 Å². The summed E-state index contributed by atoms with van der Waals surface area (Å²) in [5.74, 6) is -2.55. The summed E-state index contributed by atoms with van der Waals surface area (Å²) in [6.07, 6.45) is 0. The molecule has 0 fully saturated rings. The normalized spacial score (nSPS) is 10.9. The maximum atomic E-state index is 11.4. The number of carbonyl (C=O) groups is 2. The molecule has 31 heavy (non-hydrogen) atoms. The molecule has 2 aromatic carbocycles. The minimum Gasteiger partial charge on any atom is -0.535 e. The van der Waals surface area contributed by atoms with Crippen molar-refractivity contribution >= 4 is 32.0 Å². The Morgan fingerprint density at radius 1 is 0.677 bits per heavy atom. The molecule has 0 aliphatic carbocycles. The molecule has 13 heteroatoms. The van der Waals surface area contributed by atoms with Crippen molar-refractivity contribution in [2.75, 3.05) is 13.1 Å². The molecule has 2 rings (SSSR count). The van der Waals surface area contributed by atoms with Gasteiger partial charge in [0.1, 0.15) is 20.0 Å². The molecule has 0 aliphatic rings. The van der Waals surface area contributed by atoms with Gasteiger partial charge in [0.15, 0.2) is 0 Å². The Bertz CT molecular complexity index is 995. The molecule has 0 spiro atoms. The van der Waals surface area contributed by atoms with Gasteiger partial charge in [0.2, 0.25) is 0 Å². The van der Waals surface area contributed by atoms with Crippen molar-refractivity contribution in [2.45, 2.75) is 23.6 Å². The van der Waals surface area contributed by atoms with Crippen molar-refractivity contribution in [1.29, 1.82) is 0 Å². The summed E-state index contributed by atoms with van der Waals surface area (Å²) in [5.41, 5.74) is 1.85. The van der Waals surface area contributed by atoms with Crippen LogP contribution >= 0.6 is 0 Å². The van der Waals surface area contributed by atoms with Crippen LogP contribution in [-0.4, -0.2) is 52.1 Å². The number of benzene rings is 2. The topological polar surface area (TPSA) is 171 Å². The van der Waals surface area contributed by atoms with E-state index in [2.05, 4.69) is 9.44 Å². The zero-order valence-electron chi connectivity index (χ0n) is 16.7. The first-order chi connectivity index (χ1) is 13.8. The fraction of sp³-hybridized carbons (Fsp3) is 0.222. The minimum absolute atomic E-state index is 0. The summed E-state index contributed by atoms with van der Waals surface area (Å²) < 4.78 is 51.9. The fourth-order valence-corrected chi connectivity index (χ4v) is 3.67. The van der Waals surface area contributed by atoms with Gasteiger partial charge in [-0.05, 0) is 51.2 Å². The molecular formula is C18H20N2O8S2Y-2. The second-order valence-corrected chi connectivity index (χ2v) is 9.30. The molecule has 1 radical (unpaired) electrons. The Kier molecular flexibility index (Phi) is 12.3. The summed E-state index contributed by atoms with van der Waals surface area (Å²) in [6.45, 7) is 2.17. The molecule has 2 aromatic rings. The number of rotatable bonds is 8. The molecule has 10 nitrogen and oxygen atoms in total. The second-order valence-electron chi connectivity index (χ2n) is 5.94.